The fourth-order valence-corrected chi connectivity index (χ4v) is 2.55. The van der Waals surface area contributed by atoms with Gasteiger partial charge in [-0.05, 0) is 39.5 Å². The van der Waals surface area contributed by atoms with Crippen molar-refractivity contribution in [3.8, 4) is 0 Å². The maximum atomic E-state index is 6.26. The average Bonchev–Trinajstić information content (AvgIpc) is 2.44. The van der Waals surface area contributed by atoms with E-state index in [0.29, 0.717) is 5.92 Å². The minimum atomic E-state index is 0.216. The van der Waals surface area contributed by atoms with Gasteiger partial charge in [0.05, 0.1) is 16.4 Å². The van der Waals surface area contributed by atoms with Crippen LogP contribution in [-0.4, -0.2) is 15.2 Å². The third kappa shape index (κ3) is 3.39. The Bertz CT molecular complexity index is 345. The normalized spacial score (nSPS) is 15.1. The maximum absolute atomic E-state index is 6.26. The SMILES string of the molecule is CCn1nc(C)c(Cl)c1CC(C)CC(C)Cl. The zero-order valence-electron chi connectivity index (χ0n) is 10.4. The average molecular weight is 263 g/mol. The molecule has 0 aromatic carbocycles. The molecule has 0 saturated heterocycles. The van der Waals surface area contributed by atoms with Gasteiger partial charge in [-0.15, -0.1) is 11.6 Å². The summed E-state index contributed by atoms with van der Waals surface area (Å²) < 4.78 is 1.99. The van der Waals surface area contributed by atoms with Crippen LogP contribution in [0.3, 0.4) is 0 Å². The first kappa shape index (κ1) is 13.9. The molecule has 4 heteroatoms. The summed E-state index contributed by atoms with van der Waals surface area (Å²) in [5.41, 5.74) is 2.07. The van der Waals surface area contributed by atoms with Crippen molar-refractivity contribution in [2.45, 2.75) is 52.5 Å². The number of hydrogen-bond acceptors (Lipinski definition) is 1. The van der Waals surface area contributed by atoms with E-state index in [1.165, 1.54) is 0 Å². The van der Waals surface area contributed by atoms with Crippen molar-refractivity contribution in [3.63, 3.8) is 0 Å². The van der Waals surface area contributed by atoms with Crippen molar-refractivity contribution in [1.82, 2.24) is 9.78 Å². The smallest absolute Gasteiger partial charge is 0.0847 e. The molecular weight excluding hydrogens is 243 g/mol. The molecule has 0 aliphatic rings. The molecule has 2 unspecified atom stereocenters. The number of rotatable bonds is 5. The highest BCUT2D eigenvalue weighted by Crippen LogP contribution is 2.25. The first-order valence-electron chi connectivity index (χ1n) is 5.81. The molecule has 0 fully saturated rings. The van der Waals surface area contributed by atoms with Crippen LogP contribution in [0.4, 0.5) is 0 Å². The molecule has 2 nitrogen and oxygen atoms in total. The number of hydrogen-bond donors (Lipinski definition) is 0. The molecular formula is C12H20Cl2N2. The van der Waals surface area contributed by atoms with E-state index in [2.05, 4.69) is 18.9 Å². The van der Waals surface area contributed by atoms with Crippen LogP contribution in [0.25, 0.3) is 0 Å². The molecule has 1 rings (SSSR count). The van der Waals surface area contributed by atoms with E-state index < -0.39 is 0 Å². The molecule has 0 saturated carbocycles. The minimum Gasteiger partial charge on any atom is -0.268 e. The predicted molar refractivity (Wildman–Crippen MR) is 70.4 cm³/mol. The zero-order chi connectivity index (χ0) is 12.3. The largest absolute Gasteiger partial charge is 0.268 e. The van der Waals surface area contributed by atoms with Crippen LogP contribution in [-0.2, 0) is 13.0 Å². The van der Waals surface area contributed by atoms with E-state index in [-0.39, 0.29) is 5.38 Å². The number of halogens is 2. The Morgan fingerprint density at radius 3 is 2.50 bits per heavy atom. The van der Waals surface area contributed by atoms with Crippen LogP contribution in [0.15, 0.2) is 0 Å². The Hall–Kier alpha value is -0.210. The molecule has 0 amide bonds. The molecule has 16 heavy (non-hydrogen) atoms. The summed E-state index contributed by atoms with van der Waals surface area (Å²) in [6.07, 6.45) is 1.95. The molecule has 0 radical (unpaired) electrons. The summed E-state index contributed by atoms with van der Waals surface area (Å²) in [4.78, 5) is 0. The highest BCUT2D eigenvalue weighted by atomic mass is 35.5. The number of aromatic nitrogens is 2. The van der Waals surface area contributed by atoms with E-state index in [1.54, 1.807) is 0 Å². The molecule has 92 valence electrons. The van der Waals surface area contributed by atoms with Crippen LogP contribution < -0.4 is 0 Å². The molecule has 1 aromatic rings. The highest BCUT2D eigenvalue weighted by Gasteiger charge is 2.16. The maximum Gasteiger partial charge on any atom is 0.0847 e. The topological polar surface area (TPSA) is 17.8 Å². The Labute approximate surface area is 108 Å². The first-order chi connectivity index (χ1) is 7.45. The van der Waals surface area contributed by atoms with Crippen LogP contribution in [0.1, 0.15) is 38.6 Å². The van der Waals surface area contributed by atoms with Crippen LogP contribution in [0.5, 0.6) is 0 Å². The molecule has 0 bridgehead atoms. The summed E-state index contributed by atoms with van der Waals surface area (Å²) >= 11 is 12.3. The van der Waals surface area contributed by atoms with Crippen LogP contribution >= 0.6 is 23.2 Å². The van der Waals surface area contributed by atoms with E-state index in [0.717, 1.165) is 35.8 Å². The standard InChI is InChI=1S/C12H20Cl2N2/c1-5-16-11(12(14)10(4)15-16)7-8(2)6-9(3)13/h8-9H,5-7H2,1-4H3. The van der Waals surface area contributed by atoms with Crippen molar-refractivity contribution in [2.24, 2.45) is 5.92 Å². The number of aryl methyl sites for hydroxylation is 2. The summed E-state index contributed by atoms with van der Waals surface area (Å²) in [6.45, 7) is 9.14. The Kier molecular flexibility index (Phi) is 5.13. The number of alkyl halides is 1. The third-order valence-corrected chi connectivity index (χ3v) is 3.39. The lowest BCUT2D eigenvalue weighted by Gasteiger charge is -2.13. The molecule has 0 N–H and O–H groups in total. The summed E-state index contributed by atoms with van der Waals surface area (Å²) in [6, 6.07) is 0. The van der Waals surface area contributed by atoms with Gasteiger partial charge in [-0.2, -0.15) is 5.10 Å². The second kappa shape index (κ2) is 5.92. The van der Waals surface area contributed by atoms with Crippen LogP contribution in [0, 0.1) is 12.8 Å². The van der Waals surface area contributed by atoms with Gasteiger partial charge >= 0.3 is 0 Å². The fourth-order valence-electron chi connectivity index (χ4n) is 2.03. The van der Waals surface area contributed by atoms with Crippen molar-refractivity contribution < 1.29 is 0 Å². The lowest BCUT2D eigenvalue weighted by Crippen LogP contribution is -2.10. The third-order valence-electron chi connectivity index (χ3n) is 2.72. The monoisotopic (exact) mass is 262 g/mol. The second-order valence-electron chi connectivity index (χ2n) is 4.49. The van der Waals surface area contributed by atoms with Gasteiger partial charge in [0.25, 0.3) is 0 Å². The summed E-state index contributed by atoms with van der Waals surface area (Å²) in [5, 5.41) is 5.44. The van der Waals surface area contributed by atoms with Gasteiger partial charge in [0.2, 0.25) is 0 Å². The molecule has 1 aromatic heterocycles. The van der Waals surface area contributed by atoms with Crippen molar-refractivity contribution in [3.05, 3.63) is 16.4 Å². The van der Waals surface area contributed by atoms with E-state index >= 15 is 0 Å². The molecule has 2 atom stereocenters. The predicted octanol–water partition coefficient (Wildman–Crippen LogP) is 4.06. The molecule has 0 aliphatic heterocycles. The molecule has 0 spiro atoms. The van der Waals surface area contributed by atoms with Gasteiger partial charge in [0.1, 0.15) is 0 Å². The van der Waals surface area contributed by atoms with Crippen LogP contribution in [0.2, 0.25) is 5.02 Å². The highest BCUT2D eigenvalue weighted by molar-refractivity contribution is 6.31. The number of nitrogens with zero attached hydrogens (tertiary/aromatic N) is 2. The minimum absolute atomic E-state index is 0.216. The Morgan fingerprint density at radius 1 is 1.38 bits per heavy atom. The van der Waals surface area contributed by atoms with Gasteiger partial charge < -0.3 is 0 Å². The molecule has 1 heterocycles. The van der Waals surface area contributed by atoms with E-state index in [9.17, 15) is 0 Å². The lowest BCUT2D eigenvalue weighted by atomic mass is 10.00. The van der Waals surface area contributed by atoms with Crippen molar-refractivity contribution >= 4 is 23.2 Å². The Balaban J connectivity index is 2.79. The summed E-state index contributed by atoms with van der Waals surface area (Å²) in [7, 11) is 0. The first-order valence-corrected chi connectivity index (χ1v) is 6.63. The fraction of sp³-hybridized carbons (Fsp3) is 0.750. The summed E-state index contributed by atoms with van der Waals surface area (Å²) in [5.74, 6) is 0.534. The van der Waals surface area contributed by atoms with Crippen molar-refractivity contribution in [2.75, 3.05) is 0 Å². The van der Waals surface area contributed by atoms with E-state index in [1.807, 2.05) is 18.5 Å². The second-order valence-corrected chi connectivity index (χ2v) is 5.61. The van der Waals surface area contributed by atoms with Gasteiger partial charge in [0.15, 0.2) is 0 Å². The van der Waals surface area contributed by atoms with Gasteiger partial charge in [-0.25, -0.2) is 0 Å². The zero-order valence-corrected chi connectivity index (χ0v) is 11.9. The lowest BCUT2D eigenvalue weighted by molar-refractivity contribution is 0.495. The van der Waals surface area contributed by atoms with Crippen molar-refractivity contribution in [1.29, 1.82) is 0 Å². The quantitative estimate of drug-likeness (QED) is 0.732. The van der Waals surface area contributed by atoms with E-state index in [4.69, 9.17) is 23.2 Å². The van der Waals surface area contributed by atoms with Gasteiger partial charge in [0, 0.05) is 11.9 Å². The van der Waals surface area contributed by atoms with Gasteiger partial charge in [-0.1, -0.05) is 18.5 Å². The Morgan fingerprint density at radius 2 is 2.00 bits per heavy atom. The van der Waals surface area contributed by atoms with Gasteiger partial charge in [-0.3, -0.25) is 4.68 Å². The molecule has 0 aliphatic carbocycles.